The maximum atomic E-state index is 13.3. The molecule has 2 atom stereocenters. The van der Waals surface area contributed by atoms with E-state index in [-0.39, 0.29) is 18.7 Å². The number of imide groups is 2. The molecule has 4 aliphatic heterocycles. The third kappa shape index (κ3) is 6.71. The number of hydrogen-bond donors (Lipinski definition) is 3. The fourth-order valence-electron chi connectivity index (χ4n) is 8.59. The summed E-state index contributed by atoms with van der Waals surface area (Å²) in [6.07, 6.45) is 2.05. The van der Waals surface area contributed by atoms with Crippen molar-refractivity contribution in [3.63, 3.8) is 0 Å². The Hall–Kier alpha value is -6.35. The molecule has 292 valence electrons. The first-order valence-electron chi connectivity index (χ1n) is 19.5. The van der Waals surface area contributed by atoms with Crippen LogP contribution in [-0.2, 0) is 16.6 Å². The summed E-state index contributed by atoms with van der Waals surface area (Å²) in [7, 11) is 1.89. The zero-order chi connectivity index (χ0) is 39.5. The highest BCUT2D eigenvalue weighted by atomic mass is 16.2. The van der Waals surface area contributed by atoms with Crippen LogP contribution in [0.15, 0.2) is 66.9 Å². The van der Waals surface area contributed by atoms with Crippen molar-refractivity contribution in [1.29, 1.82) is 0 Å². The summed E-state index contributed by atoms with van der Waals surface area (Å²) in [6.45, 7) is 12.0. The summed E-state index contributed by atoms with van der Waals surface area (Å²) in [6, 6.07) is 19.4. The van der Waals surface area contributed by atoms with E-state index in [0.29, 0.717) is 29.0 Å². The number of carbonyl (C=O) groups is 4. The molecule has 9 rings (SSSR count). The second kappa shape index (κ2) is 14.3. The fourth-order valence-corrected chi connectivity index (χ4v) is 8.59. The molecule has 0 spiro atoms. The van der Waals surface area contributed by atoms with E-state index >= 15 is 0 Å². The van der Waals surface area contributed by atoms with Crippen molar-refractivity contribution in [2.24, 2.45) is 13.0 Å². The molecule has 3 N–H and O–H groups in total. The normalized spacial score (nSPS) is 20.2. The highest BCUT2D eigenvalue weighted by Crippen LogP contribution is 2.34. The van der Waals surface area contributed by atoms with Crippen LogP contribution in [0.2, 0.25) is 0 Å². The van der Waals surface area contributed by atoms with Crippen molar-refractivity contribution in [3.8, 4) is 0 Å². The molecule has 15 nitrogen and oxygen atoms in total. The number of aromatic nitrogens is 4. The van der Waals surface area contributed by atoms with E-state index in [4.69, 9.17) is 4.98 Å². The van der Waals surface area contributed by atoms with Gasteiger partial charge < -0.3 is 20.4 Å². The molecular formula is C42H45N11O4. The van der Waals surface area contributed by atoms with Gasteiger partial charge in [0.15, 0.2) is 11.5 Å². The number of anilines is 6. The van der Waals surface area contributed by atoms with Crippen molar-refractivity contribution >= 4 is 69.2 Å². The van der Waals surface area contributed by atoms with Gasteiger partial charge in [-0.15, -0.1) is 0 Å². The van der Waals surface area contributed by atoms with Gasteiger partial charge in [0.2, 0.25) is 17.8 Å². The van der Waals surface area contributed by atoms with Gasteiger partial charge in [0, 0.05) is 93.6 Å². The van der Waals surface area contributed by atoms with Crippen molar-refractivity contribution in [3.05, 3.63) is 89.1 Å². The number of aryl methyl sites for hydroxylation is 3. The summed E-state index contributed by atoms with van der Waals surface area (Å²) in [4.78, 5) is 68.1. The lowest BCUT2D eigenvalue weighted by Crippen LogP contribution is -2.57. The zero-order valence-electron chi connectivity index (χ0n) is 32.5. The van der Waals surface area contributed by atoms with E-state index in [9.17, 15) is 19.2 Å². The number of rotatable bonds is 9. The highest BCUT2D eigenvalue weighted by molar-refractivity contribution is 6.23. The second-order valence-electron chi connectivity index (χ2n) is 15.7. The summed E-state index contributed by atoms with van der Waals surface area (Å²) < 4.78 is 1.77. The third-order valence-electron chi connectivity index (χ3n) is 11.8. The molecule has 0 aliphatic carbocycles. The van der Waals surface area contributed by atoms with Gasteiger partial charge in [-0.3, -0.25) is 34.3 Å². The Labute approximate surface area is 330 Å². The Morgan fingerprint density at radius 3 is 2.32 bits per heavy atom. The maximum absolute atomic E-state index is 13.3. The Balaban J connectivity index is 0.769. The Bertz CT molecular complexity index is 2420. The maximum Gasteiger partial charge on any atom is 0.262 e. The molecule has 0 radical (unpaired) electrons. The van der Waals surface area contributed by atoms with Crippen LogP contribution in [0.4, 0.5) is 34.5 Å². The van der Waals surface area contributed by atoms with Crippen LogP contribution in [0.3, 0.4) is 0 Å². The number of amides is 4. The predicted molar refractivity (Wildman–Crippen MR) is 217 cm³/mol. The average molecular weight is 768 g/mol. The Morgan fingerprint density at radius 2 is 1.58 bits per heavy atom. The van der Waals surface area contributed by atoms with Gasteiger partial charge in [-0.2, -0.15) is 10.1 Å². The molecule has 2 unspecified atom stereocenters. The van der Waals surface area contributed by atoms with Crippen molar-refractivity contribution < 1.29 is 19.2 Å². The van der Waals surface area contributed by atoms with Crippen LogP contribution in [-0.4, -0.2) is 105 Å². The van der Waals surface area contributed by atoms with Gasteiger partial charge >= 0.3 is 0 Å². The lowest BCUT2D eigenvalue weighted by atomic mass is 9.96. The Morgan fingerprint density at radius 1 is 0.842 bits per heavy atom. The number of para-hydroxylation sites is 1. The molecule has 0 bridgehead atoms. The van der Waals surface area contributed by atoms with E-state index in [1.807, 2.05) is 25.4 Å². The first-order valence-corrected chi connectivity index (χ1v) is 19.5. The number of nitrogens with one attached hydrogen (secondary N) is 3. The van der Waals surface area contributed by atoms with Gasteiger partial charge in [-0.1, -0.05) is 18.2 Å². The summed E-state index contributed by atoms with van der Waals surface area (Å²) in [5, 5.41) is 14.6. The minimum atomic E-state index is -0.965. The molecule has 57 heavy (non-hydrogen) atoms. The summed E-state index contributed by atoms with van der Waals surface area (Å²) >= 11 is 0. The number of fused-ring (bicyclic) bond motifs is 2. The SMILES string of the molecule is Cc1cccc(C)c1Nc1nn(C)c2nc(Nc3ccc(N4CCN(CC5CN(c6ccc7c(c6)C(=O)N(C6CCC(=O)NC6=O)C7=O)C5)C(C)C4)cc3)ncc12. The second-order valence-corrected chi connectivity index (χ2v) is 15.7. The van der Waals surface area contributed by atoms with Gasteiger partial charge in [-0.25, -0.2) is 9.67 Å². The van der Waals surface area contributed by atoms with Crippen LogP contribution in [0.1, 0.15) is 51.6 Å². The molecule has 0 saturated carbocycles. The summed E-state index contributed by atoms with van der Waals surface area (Å²) in [5.41, 5.74) is 7.66. The van der Waals surface area contributed by atoms with Gasteiger partial charge in [0.05, 0.1) is 16.5 Å². The number of carbonyl (C=O) groups excluding carboxylic acids is 4. The fraction of sp³-hybridized carbons (Fsp3) is 0.357. The standard InChI is InChI=1S/C42H45N11O4/c1-24-6-5-7-25(2)36(24)46-37-33-19-43-42(47-38(33)49(4)48-37)44-28-8-10-29(11-9-28)51-17-16-50(26(3)20-51)21-27-22-52(23-27)30-12-13-31-32(18-30)41(57)53(40(31)56)34-14-15-35(54)45-39(34)55/h5-13,18-19,26-27,34H,14-17,20-23H2,1-4H3,(H,46,48)(H,43,44,47)(H,45,54,55). The number of nitrogens with zero attached hydrogens (tertiary/aromatic N) is 8. The van der Waals surface area contributed by atoms with E-state index in [1.165, 1.54) is 5.69 Å². The van der Waals surface area contributed by atoms with E-state index in [2.05, 4.69) is 97.9 Å². The molecule has 6 heterocycles. The molecule has 3 saturated heterocycles. The Kier molecular flexibility index (Phi) is 9.11. The van der Waals surface area contributed by atoms with E-state index in [1.54, 1.807) is 16.8 Å². The first kappa shape index (κ1) is 36.3. The number of piperidine rings is 1. The molecule has 3 fully saturated rings. The number of piperazine rings is 1. The molecule has 2 aromatic heterocycles. The van der Waals surface area contributed by atoms with Crippen LogP contribution in [0.5, 0.6) is 0 Å². The van der Waals surface area contributed by atoms with Crippen LogP contribution < -0.4 is 25.8 Å². The summed E-state index contributed by atoms with van der Waals surface area (Å²) in [5.74, 6) is -0.232. The van der Waals surface area contributed by atoms with Gasteiger partial charge in [-0.05, 0) is 80.8 Å². The molecule has 3 aromatic carbocycles. The molecule has 15 heteroatoms. The highest BCUT2D eigenvalue weighted by Gasteiger charge is 2.45. The smallest absolute Gasteiger partial charge is 0.262 e. The topological polar surface area (TPSA) is 161 Å². The lowest BCUT2D eigenvalue weighted by molar-refractivity contribution is -0.136. The molecule has 5 aromatic rings. The van der Waals surface area contributed by atoms with Crippen LogP contribution >= 0.6 is 0 Å². The minimum Gasteiger partial charge on any atom is -0.371 e. The van der Waals surface area contributed by atoms with Gasteiger partial charge in [0.1, 0.15) is 6.04 Å². The minimum absolute atomic E-state index is 0.0976. The lowest BCUT2D eigenvalue weighted by Gasteiger charge is -2.47. The molecule has 4 aliphatic rings. The van der Waals surface area contributed by atoms with E-state index in [0.717, 1.165) is 89.2 Å². The average Bonchev–Trinajstić information content (AvgIpc) is 3.62. The number of hydrogen-bond acceptors (Lipinski definition) is 12. The third-order valence-corrected chi connectivity index (χ3v) is 11.8. The van der Waals surface area contributed by atoms with Gasteiger partial charge in [0.25, 0.3) is 11.8 Å². The number of benzene rings is 3. The van der Waals surface area contributed by atoms with Crippen LogP contribution in [0.25, 0.3) is 11.0 Å². The van der Waals surface area contributed by atoms with Crippen LogP contribution in [0, 0.1) is 19.8 Å². The first-order chi connectivity index (χ1) is 27.5. The zero-order valence-corrected chi connectivity index (χ0v) is 32.5. The monoisotopic (exact) mass is 767 g/mol. The van der Waals surface area contributed by atoms with Crippen molar-refractivity contribution in [2.75, 3.05) is 59.7 Å². The molecular weight excluding hydrogens is 723 g/mol. The predicted octanol–water partition coefficient (Wildman–Crippen LogP) is 4.52. The van der Waals surface area contributed by atoms with Crippen molar-refractivity contribution in [2.45, 2.75) is 45.7 Å². The largest absolute Gasteiger partial charge is 0.371 e. The van der Waals surface area contributed by atoms with E-state index < -0.39 is 23.8 Å². The quantitative estimate of drug-likeness (QED) is 0.180. The van der Waals surface area contributed by atoms with Crippen molar-refractivity contribution in [1.82, 2.24) is 34.9 Å². The molecule has 4 amide bonds.